The number of halogens is 1. The smallest absolute Gasteiger partial charge is 0.262 e. The maximum Gasteiger partial charge on any atom is 0.262 e. The second-order valence-corrected chi connectivity index (χ2v) is 22.7. The predicted molar refractivity (Wildman–Crippen MR) is 287 cm³/mol. The number of likely N-dealkylation sites (N-methyl/N-ethyl adjacent to an activating group) is 1. The molecule has 0 unspecified atom stereocenters. The van der Waals surface area contributed by atoms with Crippen LogP contribution in [0.1, 0.15) is 81.5 Å². The lowest BCUT2D eigenvalue weighted by Crippen LogP contribution is -2.21. The van der Waals surface area contributed by atoms with Crippen molar-refractivity contribution in [1.29, 1.82) is 0 Å². The van der Waals surface area contributed by atoms with E-state index in [1.165, 1.54) is 33.4 Å². The van der Waals surface area contributed by atoms with Gasteiger partial charge >= 0.3 is 0 Å². The van der Waals surface area contributed by atoms with Gasteiger partial charge in [-0.3, -0.25) is 19.4 Å². The van der Waals surface area contributed by atoms with E-state index in [-0.39, 0.29) is 4.90 Å². The van der Waals surface area contributed by atoms with Crippen molar-refractivity contribution in [3.05, 3.63) is 160 Å². The van der Waals surface area contributed by atoms with Crippen LogP contribution in [-0.2, 0) is 20.0 Å². The molecule has 0 bridgehead atoms. The zero-order valence-corrected chi connectivity index (χ0v) is 43.6. The average Bonchev–Trinajstić information content (AvgIpc) is 3.32. The number of aromatic nitrogens is 2. The second kappa shape index (κ2) is 20.1. The molecule has 10 rings (SSSR count). The lowest BCUT2D eigenvalue weighted by molar-refractivity contribution is 0.264. The van der Waals surface area contributed by atoms with Crippen molar-refractivity contribution in [2.24, 2.45) is 0 Å². The van der Waals surface area contributed by atoms with Gasteiger partial charge in [0.25, 0.3) is 20.0 Å². The van der Waals surface area contributed by atoms with Crippen LogP contribution in [0.4, 0.5) is 11.4 Å². The first-order valence-electron chi connectivity index (χ1n) is 23.1. The molecule has 10 nitrogen and oxygen atoms in total. The largest absolute Gasteiger partial charge is 0.492 e. The summed E-state index contributed by atoms with van der Waals surface area (Å²) in [6.07, 6.45) is 3.31. The third-order valence-corrected chi connectivity index (χ3v) is 15.9. The van der Waals surface area contributed by atoms with Crippen LogP contribution in [0.25, 0.3) is 55.2 Å². The SMILES string of the molecule is CN(C)CCOc1cc2c(c3ncccc13)NS(=O)(=O)c1ccccc1-2.Cc1ccccc1-c1c(C(C)C)cc(C(C)C)cc1C(C)C.O=S1(=O)Nc2c(cc(Br)c3cccnc23)-c2ccccc21. The van der Waals surface area contributed by atoms with Crippen LogP contribution in [0.2, 0.25) is 0 Å². The molecular formula is C56H58BrN5O5S2. The highest BCUT2D eigenvalue weighted by molar-refractivity contribution is 9.10. The number of nitrogens with zero attached hydrogens (tertiary/aromatic N) is 3. The Balaban J connectivity index is 0.000000140. The molecule has 8 aromatic rings. The van der Waals surface area contributed by atoms with E-state index in [4.69, 9.17) is 4.74 Å². The normalized spacial score (nSPS) is 13.8. The maximum atomic E-state index is 12.6. The van der Waals surface area contributed by atoms with Crippen molar-refractivity contribution >= 4 is 69.2 Å². The molecular weight excluding hydrogens is 967 g/mol. The molecule has 0 amide bonds. The van der Waals surface area contributed by atoms with Gasteiger partial charge in [-0.2, -0.15) is 0 Å². The average molecular weight is 1030 g/mol. The molecule has 6 aromatic carbocycles. The van der Waals surface area contributed by atoms with Gasteiger partial charge in [0, 0.05) is 56.4 Å². The van der Waals surface area contributed by atoms with Crippen LogP contribution in [0.5, 0.6) is 5.75 Å². The number of rotatable bonds is 8. The number of nitrogens with one attached hydrogen (secondary N) is 2. The number of aryl methyl sites for hydroxylation is 1. The quantitative estimate of drug-likeness (QED) is 0.154. The van der Waals surface area contributed by atoms with Gasteiger partial charge in [0.1, 0.15) is 12.4 Å². The highest BCUT2D eigenvalue weighted by atomic mass is 79.9. The predicted octanol–water partition coefficient (Wildman–Crippen LogP) is 13.8. The first-order valence-corrected chi connectivity index (χ1v) is 26.9. The molecule has 2 aliphatic heterocycles. The van der Waals surface area contributed by atoms with E-state index >= 15 is 0 Å². The first-order chi connectivity index (χ1) is 32.9. The van der Waals surface area contributed by atoms with E-state index in [2.05, 4.69) is 120 Å². The molecule has 0 aliphatic carbocycles. The van der Waals surface area contributed by atoms with Crippen molar-refractivity contribution in [3.63, 3.8) is 0 Å². The number of ether oxygens (including phenoxy) is 1. The molecule has 13 heteroatoms. The van der Waals surface area contributed by atoms with Gasteiger partial charge in [0.2, 0.25) is 0 Å². The van der Waals surface area contributed by atoms with Crippen LogP contribution in [0.3, 0.4) is 0 Å². The second-order valence-electron chi connectivity index (χ2n) is 18.6. The molecule has 4 heterocycles. The van der Waals surface area contributed by atoms with Gasteiger partial charge in [-0.15, -0.1) is 0 Å². The number of hydrogen-bond donors (Lipinski definition) is 2. The van der Waals surface area contributed by atoms with Crippen LogP contribution in [0, 0.1) is 6.92 Å². The van der Waals surface area contributed by atoms with Crippen LogP contribution in [0.15, 0.2) is 148 Å². The Morgan fingerprint density at radius 2 is 1.06 bits per heavy atom. The van der Waals surface area contributed by atoms with Gasteiger partial charge in [-0.05, 0) is 115 Å². The molecule has 0 saturated carbocycles. The van der Waals surface area contributed by atoms with E-state index < -0.39 is 20.0 Å². The minimum absolute atomic E-state index is 0.266. The number of sulfonamides is 2. The molecule has 2 N–H and O–H groups in total. The Kier molecular flexibility index (Phi) is 14.3. The van der Waals surface area contributed by atoms with E-state index in [0.717, 1.165) is 32.9 Å². The van der Waals surface area contributed by atoms with Gasteiger partial charge < -0.3 is 9.64 Å². The Morgan fingerprint density at radius 3 is 1.57 bits per heavy atom. The number of fused-ring (bicyclic) bond motifs is 10. The summed E-state index contributed by atoms with van der Waals surface area (Å²) in [6, 6.07) is 38.9. The third kappa shape index (κ3) is 10.0. The third-order valence-electron chi connectivity index (χ3n) is 12.4. The fraction of sp³-hybridized carbons (Fsp3) is 0.250. The fourth-order valence-corrected chi connectivity index (χ4v) is 12.0. The van der Waals surface area contributed by atoms with Gasteiger partial charge in [0.15, 0.2) is 0 Å². The highest BCUT2D eigenvalue weighted by Gasteiger charge is 2.31. The summed E-state index contributed by atoms with van der Waals surface area (Å²) < 4.78 is 62.3. The van der Waals surface area contributed by atoms with E-state index in [1.54, 1.807) is 36.7 Å². The van der Waals surface area contributed by atoms with E-state index in [1.807, 2.05) is 79.7 Å². The summed E-state index contributed by atoms with van der Waals surface area (Å²) in [4.78, 5) is 11.4. The lowest BCUT2D eigenvalue weighted by atomic mass is 9.81. The summed E-state index contributed by atoms with van der Waals surface area (Å²) in [6.45, 7) is 17.4. The lowest BCUT2D eigenvalue weighted by Gasteiger charge is -2.24. The molecule has 0 radical (unpaired) electrons. The zero-order chi connectivity index (χ0) is 49.4. The summed E-state index contributed by atoms with van der Waals surface area (Å²) in [5.74, 6) is 2.34. The van der Waals surface area contributed by atoms with Gasteiger partial charge in [-0.1, -0.05) is 136 Å². The Morgan fingerprint density at radius 1 is 0.580 bits per heavy atom. The molecule has 0 spiro atoms. The summed E-state index contributed by atoms with van der Waals surface area (Å²) >= 11 is 3.54. The Labute approximate surface area is 415 Å². The zero-order valence-electron chi connectivity index (χ0n) is 40.4. The van der Waals surface area contributed by atoms with Crippen molar-refractivity contribution in [1.82, 2.24) is 14.9 Å². The monoisotopic (exact) mass is 1020 g/mol. The highest BCUT2D eigenvalue weighted by Crippen LogP contribution is 2.47. The summed E-state index contributed by atoms with van der Waals surface area (Å²) in [7, 11) is -3.22. The fourth-order valence-electron chi connectivity index (χ4n) is 8.85. The molecule has 0 atom stereocenters. The van der Waals surface area contributed by atoms with Crippen LogP contribution >= 0.6 is 15.9 Å². The minimum Gasteiger partial charge on any atom is -0.492 e. The van der Waals surface area contributed by atoms with E-state index in [9.17, 15) is 16.8 Å². The van der Waals surface area contributed by atoms with Gasteiger partial charge in [0.05, 0.1) is 32.2 Å². The summed E-state index contributed by atoms with van der Waals surface area (Å²) in [5.41, 5.74) is 13.9. The van der Waals surface area contributed by atoms with Crippen molar-refractivity contribution in [2.45, 2.75) is 76.0 Å². The molecule has 0 saturated heterocycles. The minimum atomic E-state index is -3.63. The Bertz CT molecular complexity index is 3440. The van der Waals surface area contributed by atoms with Crippen molar-refractivity contribution in [2.75, 3.05) is 36.7 Å². The standard InChI is InChI=1S/C22H30.C19H19N3O3S.C15H9BrN2O2S/c1-14(2)18-12-20(15(3)4)22(21(13-18)16(5)6)19-11-9-8-10-17(19)7;1-22(2)10-11-25-16-12-15-13-6-3-4-8-17(13)26(23,24)21-19(15)18-14(16)7-5-9-20-18;16-12-8-11-9-4-1-2-6-13(9)21(19,20)18-15(11)14-10(12)5-3-7-17-14/h8-16H,1-7H3;3-9,12,21H,10-11H2,1-2H3;1-8,18H. The number of pyridine rings is 2. The molecule has 356 valence electrons. The van der Waals surface area contributed by atoms with Gasteiger partial charge in [-0.25, -0.2) is 16.8 Å². The molecule has 0 fully saturated rings. The molecule has 2 aromatic heterocycles. The molecule has 69 heavy (non-hydrogen) atoms. The van der Waals surface area contributed by atoms with Crippen molar-refractivity contribution < 1.29 is 21.6 Å². The van der Waals surface area contributed by atoms with Crippen LogP contribution in [-0.4, -0.2) is 59.0 Å². The summed E-state index contributed by atoms with van der Waals surface area (Å²) in [5, 5.41) is 1.66. The van der Waals surface area contributed by atoms with E-state index in [0.29, 0.717) is 68.5 Å². The Hall–Kier alpha value is -6.12. The van der Waals surface area contributed by atoms with Crippen molar-refractivity contribution in [3.8, 4) is 39.1 Å². The molecule has 2 aliphatic rings. The topological polar surface area (TPSA) is 131 Å². The number of benzene rings is 6. The number of hydrogen-bond acceptors (Lipinski definition) is 8. The first kappa shape index (κ1) is 49.3. The number of anilines is 2. The maximum absolute atomic E-state index is 12.6. The van der Waals surface area contributed by atoms with Crippen LogP contribution < -0.4 is 14.2 Å².